The molecule has 2 aliphatic rings. The van der Waals surface area contributed by atoms with E-state index in [0.717, 1.165) is 0 Å². The van der Waals surface area contributed by atoms with Gasteiger partial charge in [-0.15, -0.1) is 0 Å². The molecule has 64 valence electrons. The number of Topliss-reactive ketones (excluding diaryl/α,β-unsaturated/α-hetero) is 1. The molecule has 0 aromatic heterocycles. The van der Waals surface area contributed by atoms with Crippen LogP contribution in [-0.2, 0) is 9.59 Å². The number of aliphatic imine (C=N–C) groups is 1. The van der Waals surface area contributed by atoms with E-state index in [0.29, 0.717) is 19.5 Å². The number of nitrogens with one attached hydrogen (secondary N) is 1. The summed E-state index contributed by atoms with van der Waals surface area (Å²) in [7, 11) is 0. The highest BCUT2D eigenvalue weighted by Crippen LogP contribution is 1.87. The van der Waals surface area contributed by atoms with E-state index < -0.39 is 0 Å². The van der Waals surface area contributed by atoms with Crippen molar-refractivity contribution in [2.45, 2.75) is 6.42 Å². The maximum absolute atomic E-state index is 10.1. The van der Waals surface area contributed by atoms with Crippen molar-refractivity contribution >= 4 is 17.8 Å². The zero-order chi connectivity index (χ0) is 8.81. The Hall–Kier alpha value is -1.45. The fourth-order valence-corrected chi connectivity index (χ4v) is 0.768. The molecule has 2 rings (SSSR count). The van der Waals surface area contributed by atoms with E-state index in [9.17, 15) is 9.59 Å². The molecular weight excluding hydrogens is 156 g/mol. The molecule has 0 saturated carbocycles. The van der Waals surface area contributed by atoms with Crippen LogP contribution in [0.1, 0.15) is 6.42 Å². The van der Waals surface area contributed by atoms with E-state index in [1.54, 1.807) is 12.4 Å². The molecule has 0 amide bonds. The minimum Gasteiger partial charge on any atom is -0.383 e. The van der Waals surface area contributed by atoms with Crippen LogP contribution in [0.15, 0.2) is 17.3 Å². The van der Waals surface area contributed by atoms with Crippen LogP contribution < -0.4 is 5.32 Å². The molecule has 0 aromatic carbocycles. The molecule has 0 spiro atoms. The van der Waals surface area contributed by atoms with Gasteiger partial charge < -0.3 is 5.32 Å². The van der Waals surface area contributed by atoms with Gasteiger partial charge in [0.15, 0.2) is 11.6 Å². The molecule has 0 unspecified atom stereocenters. The third-order valence-electron chi connectivity index (χ3n) is 1.38. The average molecular weight is 166 g/mol. The second-order valence-corrected chi connectivity index (χ2v) is 2.45. The van der Waals surface area contributed by atoms with Crippen LogP contribution in [0.4, 0.5) is 0 Å². The molecule has 0 bridgehead atoms. The fourth-order valence-electron chi connectivity index (χ4n) is 0.768. The van der Waals surface area contributed by atoms with Crippen molar-refractivity contribution in [3.05, 3.63) is 12.3 Å². The smallest absolute Gasteiger partial charge is 0.176 e. The first-order chi connectivity index (χ1) is 5.79. The number of rotatable bonds is 0. The van der Waals surface area contributed by atoms with E-state index in [1.807, 2.05) is 0 Å². The topological polar surface area (TPSA) is 58.5 Å². The predicted octanol–water partition coefficient (Wildman–Crippen LogP) is -0.298. The Morgan fingerprint density at radius 3 is 2.42 bits per heavy atom. The lowest BCUT2D eigenvalue weighted by Crippen LogP contribution is -2.06. The molecule has 4 heteroatoms. The SMILES string of the molecule is O=C1C=CNC1.O=C1CC=NC1. The largest absolute Gasteiger partial charge is 0.383 e. The van der Waals surface area contributed by atoms with Gasteiger partial charge in [0.1, 0.15) is 0 Å². The summed E-state index contributed by atoms with van der Waals surface area (Å²) in [4.78, 5) is 23.9. The fraction of sp³-hybridized carbons (Fsp3) is 0.375. The van der Waals surface area contributed by atoms with Gasteiger partial charge in [-0.05, 0) is 6.08 Å². The number of carbonyl (C=O) groups excluding carboxylic acids is 2. The molecule has 0 aliphatic carbocycles. The van der Waals surface area contributed by atoms with Gasteiger partial charge in [0.25, 0.3) is 0 Å². The van der Waals surface area contributed by atoms with Gasteiger partial charge in [0, 0.05) is 18.8 Å². The minimum absolute atomic E-state index is 0.162. The number of hydrogen-bond acceptors (Lipinski definition) is 4. The summed E-state index contributed by atoms with van der Waals surface area (Å²) in [6.07, 6.45) is 5.39. The Labute approximate surface area is 70.4 Å². The van der Waals surface area contributed by atoms with Crippen molar-refractivity contribution in [3.63, 3.8) is 0 Å². The third kappa shape index (κ3) is 3.09. The molecule has 0 atom stereocenters. The van der Waals surface area contributed by atoms with Gasteiger partial charge in [-0.1, -0.05) is 0 Å². The molecule has 1 N–H and O–H groups in total. The summed E-state index contributed by atoms with van der Waals surface area (Å²) >= 11 is 0. The van der Waals surface area contributed by atoms with Crippen LogP contribution in [0.2, 0.25) is 0 Å². The lowest BCUT2D eigenvalue weighted by molar-refractivity contribution is -0.116. The highest BCUT2D eigenvalue weighted by molar-refractivity contribution is 5.97. The van der Waals surface area contributed by atoms with Gasteiger partial charge in [-0.25, -0.2) is 0 Å². The van der Waals surface area contributed by atoms with Crippen LogP contribution in [-0.4, -0.2) is 30.9 Å². The summed E-state index contributed by atoms with van der Waals surface area (Å²) in [6, 6.07) is 0. The Morgan fingerprint density at radius 2 is 2.25 bits per heavy atom. The summed E-state index contributed by atoms with van der Waals surface area (Å²) in [6.45, 7) is 0.903. The highest BCUT2D eigenvalue weighted by atomic mass is 16.1. The number of carbonyl (C=O) groups is 2. The minimum atomic E-state index is 0.162. The summed E-state index contributed by atoms with van der Waals surface area (Å²) in [5.41, 5.74) is 0. The second kappa shape index (κ2) is 4.43. The molecule has 0 aromatic rings. The number of nitrogens with zero attached hydrogens (tertiary/aromatic N) is 1. The first-order valence-corrected chi connectivity index (χ1v) is 3.72. The quantitative estimate of drug-likeness (QED) is 0.537. The van der Waals surface area contributed by atoms with Crippen LogP contribution in [0, 0.1) is 0 Å². The van der Waals surface area contributed by atoms with Crippen molar-refractivity contribution in [1.29, 1.82) is 0 Å². The van der Waals surface area contributed by atoms with E-state index in [2.05, 4.69) is 10.3 Å². The first kappa shape index (κ1) is 8.64. The van der Waals surface area contributed by atoms with Crippen LogP contribution in [0.3, 0.4) is 0 Å². The molecule has 0 fully saturated rings. The number of hydrogen-bond donors (Lipinski definition) is 1. The van der Waals surface area contributed by atoms with Crippen molar-refractivity contribution in [1.82, 2.24) is 5.32 Å². The molecular formula is C8H10N2O2. The van der Waals surface area contributed by atoms with Crippen molar-refractivity contribution in [3.8, 4) is 0 Å². The Morgan fingerprint density at radius 1 is 1.42 bits per heavy atom. The first-order valence-electron chi connectivity index (χ1n) is 3.72. The van der Waals surface area contributed by atoms with Crippen molar-refractivity contribution in [2.24, 2.45) is 4.99 Å². The second-order valence-electron chi connectivity index (χ2n) is 2.45. The average Bonchev–Trinajstić information content (AvgIpc) is 2.63. The molecule has 2 aliphatic heterocycles. The van der Waals surface area contributed by atoms with Gasteiger partial charge >= 0.3 is 0 Å². The van der Waals surface area contributed by atoms with Gasteiger partial charge in [0.2, 0.25) is 0 Å². The lowest BCUT2D eigenvalue weighted by Gasteiger charge is -1.78. The van der Waals surface area contributed by atoms with E-state index in [4.69, 9.17) is 0 Å². The van der Waals surface area contributed by atoms with Crippen LogP contribution in [0.5, 0.6) is 0 Å². The molecule has 0 saturated heterocycles. The maximum Gasteiger partial charge on any atom is 0.176 e. The van der Waals surface area contributed by atoms with E-state index >= 15 is 0 Å². The maximum atomic E-state index is 10.1. The molecule has 2 heterocycles. The monoisotopic (exact) mass is 166 g/mol. The van der Waals surface area contributed by atoms with Crippen LogP contribution >= 0.6 is 0 Å². The third-order valence-corrected chi connectivity index (χ3v) is 1.38. The van der Waals surface area contributed by atoms with Crippen molar-refractivity contribution in [2.75, 3.05) is 13.1 Å². The zero-order valence-corrected chi connectivity index (χ0v) is 6.62. The van der Waals surface area contributed by atoms with E-state index in [1.165, 1.54) is 6.08 Å². The summed E-state index contributed by atoms with van der Waals surface area (Å²) in [5, 5.41) is 2.74. The molecule has 12 heavy (non-hydrogen) atoms. The van der Waals surface area contributed by atoms with Crippen molar-refractivity contribution < 1.29 is 9.59 Å². The standard InChI is InChI=1S/2C4H5NO/c2*6-4-1-2-5-3-4/h2H,1,3H2;1-2,5H,3H2. The van der Waals surface area contributed by atoms with E-state index in [-0.39, 0.29) is 11.6 Å². The zero-order valence-electron chi connectivity index (χ0n) is 6.62. The predicted molar refractivity (Wildman–Crippen MR) is 45.1 cm³/mol. The lowest BCUT2D eigenvalue weighted by atomic mass is 10.4. The van der Waals surface area contributed by atoms with Crippen LogP contribution in [0.25, 0.3) is 0 Å². The van der Waals surface area contributed by atoms with Gasteiger partial charge in [-0.2, -0.15) is 0 Å². The van der Waals surface area contributed by atoms with Gasteiger partial charge in [-0.3, -0.25) is 14.6 Å². The summed E-state index contributed by atoms with van der Waals surface area (Å²) in [5.74, 6) is 0.394. The Balaban J connectivity index is 0.000000120. The Kier molecular flexibility index (Phi) is 3.19. The van der Waals surface area contributed by atoms with Gasteiger partial charge in [0.05, 0.1) is 13.1 Å². The molecule has 0 radical (unpaired) electrons. The normalized spacial score (nSPS) is 19.0. The summed E-state index contributed by atoms with van der Waals surface area (Å²) < 4.78 is 0. The molecule has 4 nitrogen and oxygen atoms in total. The Bertz CT molecular complexity index is 233. The number of ketones is 2. The highest BCUT2D eigenvalue weighted by Gasteiger charge is 2.00.